The van der Waals surface area contributed by atoms with Gasteiger partial charge in [-0.3, -0.25) is 9.36 Å². The monoisotopic (exact) mass is 400 g/mol. The lowest BCUT2D eigenvalue weighted by molar-refractivity contribution is 0.102. The first-order valence-corrected chi connectivity index (χ1v) is 8.35. The Morgan fingerprint density at radius 1 is 1.20 bits per heavy atom. The van der Waals surface area contributed by atoms with Crippen LogP contribution in [0.15, 0.2) is 53.7 Å². The smallest absolute Gasteiger partial charge is 0.257 e. The van der Waals surface area contributed by atoms with E-state index in [1.54, 1.807) is 47.6 Å². The molecule has 1 N–H and O–H groups in total. The Kier molecular flexibility index (Phi) is 4.10. The quantitative estimate of drug-likeness (QED) is 0.730. The van der Waals surface area contributed by atoms with Crippen molar-refractivity contribution in [2.45, 2.75) is 0 Å². The zero-order valence-corrected chi connectivity index (χ0v) is 14.6. The second-order valence-corrected chi connectivity index (χ2v) is 6.16. The summed E-state index contributed by atoms with van der Waals surface area (Å²) in [4.78, 5) is 20.7. The predicted octanol–water partition coefficient (Wildman–Crippen LogP) is 3.05. The summed E-state index contributed by atoms with van der Waals surface area (Å²) in [5, 5.41) is 2.85. The molecule has 126 valence electrons. The van der Waals surface area contributed by atoms with Gasteiger partial charge in [-0.05, 0) is 28.1 Å². The third-order valence-corrected chi connectivity index (χ3v) is 4.32. The van der Waals surface area contributed by atoms with Crippen LogP contribution in [0.5, 0.6) is 11.5 Å². The van der Waals surface area contributed by atoms with Crippen molar-refractivity contribution in [3.05, 3.63) is 59.2 Å². The van der Waals surface area contributed by atoms with Gasteiger partial charge in [0.25, 0.3) is 5.91 Å². The first-order chi connectivity index (χ1) is 12.2. The fourth-order valence-electron chi connectivity index (χ4n) is 2.42. The summed E-state index contributed by atoms with van der Waals surface area (Å²) in [6.45, 7) is 1.00. The molecule has 1 aromatic carbocycles. The molecule has 3 aromatic rings. The van der Waals surface area contributed by atoms with Crippen molar-refractivity contribution < 1.29 is 14.3 Å². The van der Waals surface area contributed by atoms with E-state index in [9.17, 15) is 4.79 Å². The van der Waals surface area contributed by atoms with E-state index in [2.05, 4.69) is 31.2 Å². The van der Waals surface area contributed by atoms with Crippen LogP contribution in [0.3, 0.4) is 0 Å². The largest absolute Gasteiger partial charge is 0.486 e. The number of amides is 1. The molecule has 0 atom stereocenters. The van der Waals surface area contributed by atoms with E-state index < -0.39 is 0 Å². The topological polar surface area (TPSA) is 78.3 Å². The van der Waals surface area contributed by atoms with E-state index >= 15 is 0 Å². The number of nitrogens with one attached hydrogen (secondary N) is 1. The van der Waals surface area contributed by atoms with Gasteiger partial charge in [0.05, 0.1) is 11.3 Å². The fourth-order valence-corrected chi connectivity index (χ4v) is 2.84. The number of rotatable bonds is 3. The van der Waals surface area contributed by atoms with Crippen LogP contribution in [-0.2, 0) is 0 Å². The molecule has 1 amide bonds. The van der Waals surface area contributed by atoms with Crippen LogP contribution in [0.4, 0.5) is 5.69 Å². The number of halogens is 1. The Labute approximate surface area is 151 Å². The van der Waals surface area contributed by atoms with E-state index in [0.717, 1.165) is 0 Å². The number of imidazole rings is 1. The van der Waals surface area contributed by atoms with E-state index in [1.165, 1.54) is 6.20 Å². The van der Waals surface area contributed by atoms with Gasteiger partial charge in [0, 0.05) is 35.2 Å². The molecule has 1 aliphatic heterocycles. The van der Waals surface area contributed by atoms with Gasteiger partial charge in [-0.15, -0.1) is 0 Å². The minimum Gasteiger partial charge on any atom is -0.486 e. The number of aromatic nitrogens is 3. The van der Waals surface area contributed by atoms with Crippen molar-refractivity contribution in [2.75, 3.05) is 18.5 Å². The van der Waals surface area contributed by atoms with Crippen molar-refractivity contribution in [2.24, 2.45) is 0 Å². The molecule has 0 saturated heterocycles. The second kappa shape index (κ2) is 6.56. The Hall–Kier alpha value is -2.87. The van der Waals surface area contributed by atoms with Crippen LogP contribution >= 0.6 is 15.9 Å². The molecule has 1 aliphatic rings. The summed E-state index contributed by atoms with van der Waals surface area (Å²) >= 11 is 3.44. The average molecular weight is 401 g/mol. The maximum atomic E-state index is 12.5. The SMILES string of the molecule is O=C(Nc1cc2c(cc1Br)OCCO2)c1ccc(-n2ccnc2)nc1. The molecule has 2 aromatic heterocycles. The molecular weight excluding hydrogens is 388 g/mol. The molecule has 3 heterocycles. The highest BCUT2D eigenvalue weighted by molar-refractivity contribution is 9.10. The normalized spacial score (nSPS) is 12.7. The van der Waals surface area contributed by atoms with Gasteiger partial charge in [-0.2, -0.15) is 0 Å². The molecule has 0 bridgehead atoms. The first kappa shape index (κ1) is 15.6. The standard InChI is InChI=1S/C17H13BrN4O3/c18-12-7-14-15(25-6-5-24-14)8-13(12)21-17(23)11-1-2-16(20-9-11)22-4-3-19-10-22/h1-4,7-10H,5-6H2,(H,21,23). The molecule has 4 rings (SSSR count). The number of ether oxygens (including phenoxy) is 2. The maximum absolute atomic E-state index is 12.5. The Morgan fingerprint density at radius 2 is 2.00 bits per heavy atom. The first-order valence-electron chi connectivity index (χ1n) is 7.55. The Balaban J connectivity index is 1.54. The second-order valence-electron chi connectivity index (χ2n) is 5.30. The van der Waals surface area contributed by atoms with Gasteiger partial charge in [-0.1, -0.05) is 0 Å². The van der Waals surface area contributed by atoms with Crippen LogP contribution < -0.4 is 14.8 Å². The molecule has 25 heavy (non-hydrogen) atoms. The van der Waals surface area contributed by atoms with E-state index in [4.69, 9.17) is 9.47 Å². The number of pyridine rings is 1. The lowest BCUT2D eigenvalue weighted by Crippen LogP contribution is -2.17. The predicted molar refractivity (Wildman–Crippen MR) is 94.4 cm³/mol. The molecular formula is C17H13BrN4O3. The maximum Gasteiger partial charge on any atom is 0.257 e. The Bertz CT molecular complexity index is 910. The highest BCUT2D eigenvalue weighted by atomic mass is 79.9. The number of carbonyl (C=O) groups excluding carboxylic acids is 1. The van der Waals surface area contributed by atoms with E-state index in [-0.39, 0.29) is 5.91 Å². The molecule has 8 heteroatoms. The zero-order valence-electron chi connectivity index (χ0n) is 13.0. The van der Waals surface area contributed by atoms with E-state index in [1.807, 2.05) is 0 Å². The van der Waals surface area contributed by atoms with Gasteiger partial charge in [-0.25, -0.2) is 9.97 Å². The molecule has 0 saturated carbocycles. The molecule has 0 radical (unpaired) electrons. The van der Waals surface area contributed by atoms with Gasteiger partial charge in [0.1, 0.15) is 25.4 Å². The Morgan fingerprint density at radius 3 is 2.68 bits per heavy atom. The van der Waals surface area contributed by atoms with Crippen LogP contribution in [0.2, 0.25) is 0 Å². The summed E-state index contributed by atoms with van der Waals surface area (Å²) in [5.74, 6) is 1.69. The number of carbonyl (C=O) groups is 1. The summed E-state index contributed by atoms with van der Waals surface area (Å²) in [6.07, 6.45) is 6.63. The molecule has 7 nitrogen and oxygen atoms in total. The lowest BCUT2D eigenvalue weighted by Gasteiger charge is -2.20. The van der Waals surface area contributed by atoms with Crippen molar-refractivity contribution >= 4 is 27.5 Å². The number of anilines is 1. The van der Waals surface area contributed by atoms with Crippen molar-refractivity contribution in [3.63, 3.8) is 0 Å². The van der Waals surface area contributed by atoms with Gasteiger partial charge in [0.2, 0.25) is 0 Å². The van der Waals surface area contributed by atoms with Gasteiger partial charge < -0.3 is 14.8 Å². The summed E-state index contributed by atoms with van der Waals surface area (Å²) in [6, 6.07) is 6.99. The summed E-state index contributed by atoms with van der Waals surface area (Å²) in [7, 11) is 0. The fraction of sp³-hybridized carbons (Fsp3) is 0.118. The highest BCUT2D eigenvalue weighted by Gasteiger charge is 2.17. The minimum atomic E-state index is -0.262. The van der Waals surface area contributed by atoms with Crippen LogP contribution in [0.25, 0.3) is 5.82 Å². The number of benzene rings is 1. The van der Waals surface area contributed by atoms with Crippen LogP contribution in [0, 0.1) is 0 Å². The number of nitrogens with zero attached hydrogens (tertiary/aromatic N) is 3. The molecule has 0 unspecified atom stereocenters. The van der Waals surface area contributed by atoms with E-state index in [0.29, 0.717) is 46.3 Å². The van der Waals surface area contributed by atoms with Crippen molar-refractivity contribution in [1.82, 2.24) is 14.5 Å². The molecule has 0 aliphatic carbocycles. The average Bonchev–Trinajstić information content (AvgIpc) is 3.17. The van der Waals surface area contributed by atoms with Crippen LogP contribution in [0.1, 0.15) is 10.4 Å². The number of fused-ring (bicyclic) bond motifs is 1. The molecule has 0 fully saturated rings. The zero-order chi connectivity index (χ0) is 17.2. The van der Waals surface area contributed by atoms with Crippen molar-refractivity contribution in [3.8, 4) is 17.3 Å². The van der Waals surface area contributed by atoms with Gasteiger partial charge in [0.15, 0.2) is 11.5 Å². The number of hydrogen-bond donors (Lipinski definition) is 1. The number of hydrogen-bond acceptors (Lipinski definition) is 5. The van der Waals surface area contributed by atoms with Gasteiger partial charge >= 0.3 is 0 Å². The highest BCUT2D eigenvalue weighted by Crippen LogP contribution is 2.38. The van der Waals surface area contributed by atoms with Crippen molar-refractivity contribution in [1.29, 1.82) is 0 Å². The third kappa shape index (κ3) is 3.20. The minimum absolute atomic E-state index is 0.262. The molecule has 0 spiro atoms. The summed E-state index contributed by atoms with van der Waals surface area (Å²) < 4.78 is 13.5. The third-order valence-electron chi connectivity index (χ3n) is 3.66. The summed E-state index contributed by atoms with van der Waals surface area (Å²) in [5.41, 5.74) is 1.05. The lowest BCUT2D eigenvalue weighted by atomic mass is 10.2. The van der Waals surface area contributed by atoms with Crippen LogP contribution in [-0.4, -0.2) is 33.7 Å².